The van der Waals surface area contributed by atoms with Crippen LogP contribution in [0.2, 0.25) is 0 Å². The summed E-state index contributed by atoms with van der Waals surface area (Å²) in [6.45, 7) is 8.28. The lowest BCUT2D eigenvalue weighted by molar-refractivity contribution is 0.793. The van der Waals surface area contributed by atoms with Crippen molar-refractivity contribution >= 4 is 5.69 Å². The topological polar surface area (TPSA) is 79.7 Å². The van der Waals surface area contributed by atoms with E-state index in [0.717, 1.165) is 123 Å². The van der Waals surface area contributed by atoms with E-state index < -0.39 is 10.8 Å². The van der Waals surface area contributed by atoms with Gasteiger partial charge in [0.25, 0.3) is 0 Å². The van der Waals surface area contributed by atoms with Crippen molar-refractivity contribution in [2.75, 3.05) is 0 Å². The Bertz CT molecular complexity index is 6760. The van der Waals surface area contributed by atoms with Gasteiger partial charge in [-0.25, -0.2) is 24.8 Å². The summed E-state index contributed by atoms with van der Waals surface area (Å²) in [5, 5.41) is 10.5. The summed E-state index contributed by atoms with van der Waals surface area (Å²) in [7, 11) is 0. The van der Waals surface area contributed by atoms with Crippen LogP contribution in [0.4, 0.5) is 5.69 Å². The molecular formula is C108H66N6. The molecule has 2 spiro atoms. The van der Waals surface area contributed by atoms with Crippen molar-refractivity contribution in [2.45, 2.75) is 10.8 Å². The van der Waals surface area contributed by atoms with Crippen molar-refractivity contribution in [3.63, 3.8) is 0 Å². The first kappa shape index (κ1) is 66.8. The molecule has 0 saturated carbocycles. The van der Waals surface area contributed by atoms with Crippen molar-refractivity contribution < 1.29 is 0 Å². The molecule has 0 N–H and O–H groups in total. The van der Waals surface area contributed by atoms with Crippen LogP contribution in [0.25, 0.3) is 162 Å². The van der Waals surface area contributed by atoms with Crippen LogP contribution in [0, 0.1) is 17.9 Å². The number of benzene rings is 16. The highest BCUT2D eigenvalue weighted by molar-refractivity contribution is 6.03. The molecule has 0 aliphatic heterocycles. The summed E-state index contributed by atoms with van der Waals surface area (Å²) < 4.78 is 0. The average Bonchev–Trinajstić information content (AvgIpc) is 1.52. The Morgan fingerprint density at radius 1 is 0.219 bits per heavy atom. The van der Waals surface area contributed by atoms with Crippen molar-refractivity contribution in [3.8, 4) is 163 Å². The van der Waals surface area contributed by atoms with Gasteiger partial charge >= 0.3 is 0 Å². The third kappa shape index (κ3) is 10.7. The Morgan fingerprint density at radius 3 is 1.02 bits per heavy atom. The highest BCUT2D eigenvalue weighted by atomic mass is 14.9. The standard InChI is InChI=1S/C60H37N3.C48H29N3/c1-61-55-27-15-26-54-58(55)50-37-44(32-33-53(50)60(54)51-24-13-11-22-48(51)49-23-12-14-25-52(49)60)41-28-30-43(31-29-41)59-62-56(42-20-9-4-10-21-42)38-57(63-59)47-35-45(39-16-5-2-6-17-39)34-46(36-47)40-18-7-3-8-19-40;49-30-35-17-11-23-41-45(35)46-36(20-12-24-42(46)48(41)39-21-9-7-18-37(39)38-19-8-10-22-40(38)48)31-25-27-33(28-26-31)44-29-43(32-13-3-1-4-14-32)50-47(51-44)34-15-5-2-6-16-34/h2-38H;1-29H. The molecule has 6 heteroatoms. The number of nitrogens with zero attached hydrogens (tertiary/aromatic N) is 6. The lowest BCUT2D eigenvalue weighted by Gasteiger charge is -2.30. The van der Waals surface area contributed by atoms with Crippen molar-refractivity contribution in [1.29, 1.82) is 5.26 Å². The summed E-state index contributed by atoms with van der Waals surface area (Å²) in [6, 6.07) is 144. The van der Waals surface area contributed by atoms with Gasteiger partial charge < -0.3 is 0 Å². The molecule has 0 unspecified atom stereocenters. The maximum Gasteiger partial charge on any atom is 0.195 e. The fourth-order valence-corrected chi connectivity index (χ4v) is 18.6. The van der Waals surface area contributed by atoms with Gasteiger partial charge in [0.2, 0.25) is 0 Å². The minimum Gasteiger partial charge on any atom is -0.238 e. The van der Waals surface area contributed by atoms with Crippen LogP contribution < -0.4 is 0 Å². The van der Waals surface area contributed by atoms with Crippen LogP contribution in [-0.2, 0) is 10.8 Å². The molecule has 0 fully saturated rings. The van der Waals surface area contributed by atoms with Crippen molar-refractivity contribution in [2.24, 2.45) is 0 Å². The Balaban J connectivity index is 0.000000146. The normalized spacial score (nSPS) is 12.7. The monoisotopic (exact) mass is 1450 g/mol. The van der Waals surface area contributed by atoms with E-state index in [9.17, 15) is 5.26 Å². The Morgan fingerprint density at radius 2 is 0.535 bits per heavy atom. The molecule has 4 aliphatic carbocycles. The second kappa shape index (κ2) is 27.3. The largest absolute Gasteiger partial charge is 0.238 e. The minimum atomic E-state index is -0.511. The van der Waals surface area contributed by atoms with E-state index >= 15 is 0 Å². The fraction of sp³-hybridized carbons (Fsp3) is 0.0185. The fourth-order valence-electron chi connectivity index (χ4n) is 18.6. The zero-order valence-corrected chi connectivity index (χ0v) is 61.8. The van der Waals surface area contributed by atoms with E-state index in [1.54, 1.807) is 0 Å². The minimum absolute atomic E-state index is 0.498. The molecule has 22 rings (SSSR count). The number of hydrogen-bond donors (Lipinski definition) is 0. The van der Waals surface area contributed by atoms with E-state index in [-0.39, 0.29) is 0 Å². The third-order valence-electron chi connectivity index (χ3n) is 23.5. The van der Waals surface area contributed by atoms with E-state index in [1.807, 2.05) is 78.9 Å². The predicted molar refractivity (Wildman–Crippen MR) is 462 cm³/mol. The van der Waals surface area contributed by atoms with E-state index in [1.165, 1.54) is 66.8 Å². The highest BCUT2D eigenvalue weighted by Gasteiger charge is 2.54. The molecule has 6 nitrogen and oxygen atoms in total. The molecule has 528 valence electrons. The maximum absolute atomic E-state index is 10.5. The molecule has 0 atom stereocenters. The van der Waals surface area contributed by atoms with E-state index in [4.69, 9.17) is 26.5 Å². The highest BCUT2D eigenvalue weighted by Crippen LogP contribution is 2.66. The molecule has 0 radical (unpaired) electrons. The summed E-state index contributed by atoms with van der Waals surface area (Å²) in [6.07, 6.45) is 0. The first-order chi connectivity index (χ1) is 56.4. The Kier molecular flexibility index (Phi) is 16.0. The maximum atomic E-state index is 10.5. The SMILES string of the molecule is N#Cc1cccc2c1-c1c(-c3ccc(-c4cc(-c5ccccc5)nc(-c5ccccc5)n4)cc3)cccc1C21c2ccccc2-c2ccccc21.[C-]#[N+]c1cccc2c1-c1cc(-c3ccc(-c4nc(-c5ccccc5)cc(-c5cc(-c6ccccc6)cc(-c6ccccc6)c5)n4)cc3)ccc1C21c2ccccc2-c2ccccc21. The van der Waals surface area contributed by atoms with Gasteiger partial charge in [0.1, 0.15) is 0 Å². The number of hydrogen-bond acceptors (Lipinski definition) is 5. The molecule has 2 heterocycles. The van der Waals surface area contributed by atoms with Gasteiger partial charge in [0.05, 0.1) is 51.8 Å². The Labute approximate surface area is 662 Å². The summed E-state index contributed by atoms with van der Waals surface area (Å²) in [5.41, 5.74) is 37.9. The van der Waals surface area contributed by atoms with Crippen molar-refractivity contribution in [3.05, 3.63) is 462 Å². The molecule has 0 saturated heterocycles. The lowest BCUT2D eigenvalue weighted by atomic mass is 9.70. The zero-order chi connectivity index (χ0) is 75.9. The van der Waals surface area contributed by atoms with E-state index in [0.29, 0.717) is 22.9 Å². The van der Waals surface area contributed by atoms with Crippen molar-refractivity contribution in [1.82, 2.24) is 19.9 Å². The summed E-state index contributed by atoms with van der Waals surface area (Å²) >= 11 is 0. The molecule has 114 heavy (non-hydrogen) atoms. The van der Waals surface area contributed by atoms with Gasteiger partial charge in [-0.15, -0.1) is 0 Å². The molecule has 2 aromatic heterocycles. The van der Waals surface area contributed by atoms with Crippen LogP contribution >= 0.6 is 0 Å². The predicted octanol–water partition coefficient (Wildman–Crippen LogP) is 26.7. The quantitative estimate of drug-likeness (QED) is 0.128. The lowest BCUT2D eigenvalue weighted by Crippen LogP contribution is -2.25. The second-order valence-electron chi connectivity index (χ2n) is 29.5. The molecule has 16 aromatic carbocycles. The average molecular weight is 1450 g/mol. The first-order valence-electron chi connectivity index (χ1n) is 38.6. The zero-order valence-electron chi connectivity index (χ0n) is 61.8. The first-order valence-corrected chi connectivity index (χ1v) is 38.6. The number of fused-ring (bicyclic) bond motifs is 20. The molecule has 18 aromatic rings. The van der Waals surface area contributed by atoms with Gasteiger partial charge in [-0.1, -0.05) is 358 Å². The van der Waals surface area contributed by atoms with Crippen LogP contribution in [0.1, 0.15) is 50.1 Å². The van der Waals surface area contributed by atoms with Gasteiger partial charge in [0, 0.05) is 38.9 Å². The van der Waals surface area contributed by atoms with Gasteiger partial charge in [-0.05, 0) is 170 Å². The second-order valence-corrected chi connectivity index (χ2v) is 29.5. The third-order valence-corrected chi connectivity index (χ3v) is 23.5. The van der Waals surface area contributed by atoms with Gasteiger partial charge in [-0.2, -0.15) is 5.26 Å². The van der Waals surface area contributed by atoms with Crippen LogP contribution in [0.3, 0.4) is 0 Å². The molecular weight excluding hydrogens is 1380 g/mol. The van der Waals surface area contributed by atoms with Gasteiger partial charge in [0.15, 0.2) is 17.3 Å². The molecule has 0 amide bonds. The number of rotatable bonds is 10. The molecule has 0 bridgehead atoms. The number of nitriles is 1. The van der Waals surface area contributed by atoms with E-state index in [2.05, 4.69) is 332 Å². The van der Waals surface area contributed by atoms with Crippen LogP contribution in [-0.4, -0.2) is 19.9 Å². The smallest absolute Gasteiger partial charge is 0.195 e. The molecule has 4 aliphatic rings. The summed E-state index contributed by atoms with van der Waals surface area (Å²) in [4.78, 5) is 24.6. The number of aromatic nitrogens is 4. The van der Waals surface area contributed by atoms with Crippen LogP contribution in [0.5, 0.6) is 0 Å². The van der Waals surface area contributed by atoms with Gasteiger partial charge in [-0.3, -0.25) is 0 Å². The van der Waals surface area contributed by atoms with Crippen LogP contribution in [0.15, 0.2) is 400 Å². The Hall–Kier alpha value is -15.3. The summed E-state index contributed by atoms with van der Waals surface area (Å²) in [5.74, 6) is 1.36.